The molecular weight excluding hydrogens is 468 g/mol. The van der Waals surface area contributed by atoms with E-state index in [1.54, 1.807) is 32.0 Å². The number of esters is 2. The Hall–Kier alpha value is -4.34. The number of aromatic nitrogens is 2. The molecule has 3 rings (SSSR count). The van der Waals surface area contributed by atoms with E-state index in [4.69, 9.17) is 23.5 Å². The summed E-state index contributed by atoms with van der Waals surface area (Å²) in [5, 5.41) is 3.91. The summed E-state index contributed by atoms with van der Waals surface area (Å²) in [7, 11) is 2.78. The van der Waals surface area contributed by atoms with E-state index in [0.717, 1.165) is 11.3 Å². The van der Waals surface area contributed by atoms with E-state index in [0.29, 0.717) is 39.6 Å². The van der Waals surface area contributed by atoms with Crippen molar-refractivity contribution in [2.45, 2.75) is 34.3 Å². The minimum Gasteiger partial charge on any atom is -0.493 e. The molecule has 10 nitrogen and oxygen atoms in total. The highest BCUT2D eigenvalue weighted by Gasteiger charge is 2.23. The van der Waals surface area contributed by atoms with Crippen LogP contribution in [0.1, 0.15) is 54.7 Å². The lowest BCUT2D eigenvalue weighted by Crippen LogP contribution is -2.14. The second-order valence-electron chi connectivity index (χ2n) is 7.98. The Labute approximate surface area is 208 Å². The van der Waals surface area contributed by atoms with Gasteiger partial charge in [-0.3, -0.25) is 4.79 Å². The van der Waals surface area contributed by atoms with Crippen LogP contribution in [0.25, 0.3) is 6.08 Å². The lowest BCUT2D eigenvalue weighted by molar-refractivity contribution is -0.136. The molecule has 0 aliphatic heterocycles. The van der Waals surface area contributed by atoms with Gasteiger partial charge in [0.1, 0.15) is 12.4 Å². The number of methoxy groups -OCH3 is 2. The van der Waals surface area contributed by atoms with Gasteiger partial charge in [0, 0.05) is 11.8 Å². The number of aromatic amines is 1. The van der Waals surface area contributed by atoms with Crippen LogP contribution >= 0.6 is 0 Å². The van der Waals surface area contributed by atoms with Crippen molar-refractivity contribution < 1.29 is 37.9 Å². The highest BCUT2D eigenvalue weighted by atomic mass is 16.5. The number of aryl methyl sites for hydroxylation is 3. The molecule has 2 heterocycles. The molecule has 0 atom stereocenters. The molecule has 0 bridgehead atoms. The molecule has 10 heteroatoms. The first-order valence-electron chi connectivity index (χ1n) is 11.0. The summed E-state index contributed by atoms with van der Waals surface area (Å²) in [4.78, 5) is 39.4. The van der Waals surface area contributed by atoms with Gasteiger partial charge in [0.25, 0.3) is 0 Å². The van der Waals surface area contributed by atoms with Gasteiger partial charge in [-0.05, 0) is 57.0 Å². The fourth-order valence-corrected chi connectivity index (χ4v) is 3.62. The molecule has 190 valence electrons. The number of H-pyrrole nitrogens is 1. The van der Waals surface area contributed by atoms with Gasteiger partial charge in [0.15, 0.2) is 18.1 Å². The minimum atomic E-state index is -0.699. The van der Waals surface area contributed by atoms with E-state index in [2.05, 4.69) is 10.1 Å². The molecule has 0 saturated heterocycles. The normalized spacial score (nSPS) is 10.9. The van der Waals surface area contributed by atoms with Gasteiger partial charge in [0.05, 0.1) is 36.7 Å². The van der Waals surface area contributed by atoms with Gasteiger partial charge < -0.3 is 28.5 Å². The van der Waals surface area contributed by atoms with Crippen LogP contribution < -0.4 is 9.47 Å². The zero-order valence-corrected chi connectivity index (χ0v) is 21.0. The number of ketones is 1. The highest BCUT2D eigenvalue weighted by Crippen LogP contribution is 2.30. The van der Waals surface area contributed by atoms with Crippen LogP contribution in [-0.2, 0) is 20.9 Å². The number of Topliss-reactive ketones (excluding diaryl/α,β-unsaturated/α-hetero) is 1. The Morgan fingerprint density at radius 3 is 2.47 bits per heavy atom. The van der Waals surface area contributed by atoms with Gasteiger partial charge in [-0.2, -0.15) is 0 Å². The van der Waals surface area contributed by atoms with E-state index >= 15 is 0 Å². The molecule has 0 radical (unpaired) electrons. The Balaban J connectivity index is 1.60. The zero-order chi connectivity index (χ0) is 26.4. The third-order valence-electron chi connectivity index (χ3n) is 5.60. The van der Waals surface area contributed by atoms with Crippen LogP contribution in [0.3, 0.4) is 0 Å². The summed E-state index contributed by atoms with van der Waals surface area (Å²) in [6.07, 6.45) is 2.74. The number of carbonyl (C=O) groups excluding carboxylic acids is 3. The number of benzene rings is 1. The topological polar surface area (TPSA) is 130 Å². The molecule has 1 aromatic carbocycles. The van der Waals surface area contributed by atoms with Gasteiger partial charge in [-0.15, -0.1) is 0 Å². The van der Waals surface area contributed by atoms with E-state index in [1.807, 2.05) is 13.8 Å². The molecule has 0 spiro atoms. The maximum absolute atomic E-state index is 12.5. The summed E-state index contributed by atoms with van der Waals surface area (Å²) >= 11 is 0. The third-order valence-corrected chi connectivity index (χ3v) is 5.60. The average molecular weight is 497 g/mol. The molecule has 0 aliphatic rings. The molecule has 0 saturated carbocycles. The molecule has 0 amide bonds. The average Bonchev–Trinajstić information content (AvgIpc) is 3.35. The molecule has 0 unspecified atom stereocenters. The standard InChI is InChI=1S/C26H28N2O8/c1-14-24(26(31)33-6)16(3)27-25(14)20(29)13-35-23(30)10-8-18-7-9-21(22(11-18)32-5)34-12-19-15(2)28-36-17(19)4/h7-11,27H,12-13H2,1-6H3/b10-8+. The van der Waals surface area contributed by atoms with Crippen LogP contribution in [0.2, 0.25) is 0 Å². The summed E-state index contributed by atoms with van der Waals surface area (Å²) in [6.45, 7) is 6.73. The number of rotatable bonds is 10. The highest BCUT2D eigenvalue weighted by molar-refractivity contribution is 6.03. The van der Waals surface area contributed by atoms with Crippen LogP contribution in [0, 0.1) is 27.7 Å². The maximum Gasteiger partial charge on any atom is 0.339 e. The Morgan fingerprint density at radius 1 is 1.08 bits per heavy atom. The number of hydrogen-bond donors (Lipinski definition) is 1. The Kier molecular flexibility index (Phi) is 8.31. The molecule has 0 aliphatic carbocycles. The number of hydrogen-bond acceptors (Lipinski definition) is 9. The van der Waals surface area contributed by atoms with Crippen molar-refractivity contribution in [1.82, 2.24) is 10.1 Å². The fourth-order valence-electron chi connectivity index (χ4n) is 3.62. The van der Waals surface area contributed by atoms with Crippen molar-refractivity contribution in [2.24, 2.45) is 0 Å². The van der Waals surface area contributed by atoms with Gasteiger partial charge in [-0.1, -0.05) is 11.2 Å². The number of carbonyl (C=O) groups is 3. The van der Waals surface area contributed by atoms with Crippen molar-refractivity contribution in [3.8, 4) is 11.5 Å². The van der Waals surface area contributed by atoms with Crippen LogP contribution in [0.4, 0.5) is 0 Å². The summed E-state index contributed by atoms with van der Waals surface area (Å²) in [5.74, 6) is -0.0226. The molecule has 1 N–H and O–H groups in total. The predicted molar refractivity (Wildman–Crippen MR) is 129 cm³/mol. The van der Waals surface area contributed by atoms with E-state index < -0.39 is 24.3 Å². The van der Waals surface area contributed by atoms with Crippen LogP contribution in [0.15, 0.2) is 28.8 Å². The minimum absolute atomic E-state index is 0.196. The Morgan fingerprint density at radius 2 is 1.83 bits per heavy atom. The van der Waals surface area contributed by atoms with Crippen molar-refractivity contribution >= 4 is 23.8 Å². The SMILES string of the molecule is COC(=O)c1c(C)[nH]c(C(=O)COC(=O)/C=C/c2ccc(OCc3c(C)noc3C)c(OC)c2)c1C. The maximum atomic E-state index is 12.5. The van der Waals surface area contributed by atoms with Crippen LogP contribution in [-0.4, -0.2) is 48.7 Å². The van der Waals surface area contributed by atoms with Crippen molar-refractivity contribution in [3.63, 3.8) is 0 Å². The summed E-state index contributed by atoms with van der Waals surface area (Å²) in [5.41, 5.74) is 3.72. The first-order chi connectivity index (χ1) is 17.2. The summed E-state index contributed by atoms with van der Waals surface area (Å²) in [6, 6.07) is 5.18. The van der Waals surface area contributed by atoms with Gasteiger partial charge >= 0.3 is 11.9 Å². The smallest absolute Gasteiger partial charge is 0.339 e. The van der Waals surface area contributed by atoms with E-state index in [9.17, 15) is 14.4 Å². The largest absolute Gasteiger partial charge is 0.493 e. The van der Waals surface area contributed by atoms with E-state index in [1.165, 1.54) is 26.4 Å². The monoisotopic (exact) mass is 496 g/mol. The molecular formula is C26H28N2O8. The number of nitrogens with one attached hydrogen (secondary N) is 1. The Bertz CT molecular complexity index is 1300. The predicted octanol–water partition coefficient (Wildman–Crippen LogP) is 4.05. The molecule has 2 aromatic heterocycles. The quantitative estimate of drug-likeness (QED) is 0.251. The lowest BCUT2D eigenvalue weighted by Gasteiger charge is -2.11. The van der Waals surface area contributed by atoms with Gasteiger partial charge in [-0.25, -0.2) is 9.59 Å². The van der Waals surface area contributed by atoms with E-state index in [-0.39, 0.29) is 12.3 Å². The fraction of sp³-hybridized carbons (Fsp3) is 0.308. The third kappa shape index (κ3) is 5.83. The first-order valence-corrected chi connectivity index (χ1v) is 11.0. The van der Waals surface area contributed by atoms with Gasteiger partial charge in [0.2, 0.25) is 5.78 Å². The van der Waals surface area contributed by atoms with Crippen molar-refractivity contribution in [1.29, 1.82) is 0 Å². The van der Waals surface area contributed by atoms with Crippen molar-refractivity contribution in [2.75, 3.05) is 20.8 Å². The van der Waals surface area contributed by atoms with Crippen LogP contribution in [0.5, 0.6) is 11.5 Å². The second kappa shape index (κ2) is 11.4. The molecule has 3 aromatic rings. The lowest BCUT2D eigenvalue weighted by atomic mass is 10.1. The summed E-state index contributed by atoms with van der Waals surface area (Å²) < 4.78 is 26.2. The first kappa shape index (κ1) is 26.3. The number of ether oxygens (including phenoxy) is 4. The second-order valence-corrected chi connectivity index (χ2v) is 7.98. The number of nitrogens with zero attached hydrogens (tertiary/aromatic N) is 1. The zero-order valence-electron chi connectivity index (χ0n) is 21.0. The molecule has 0 fully saturated rings. The van der Waals surface area contributed by atoms with Crippen molar-refractivity contribution in [3.05, 3.63) is 69.4 Å². The molecule has 36 heavy (non-hydrogen) atoms.